The van der Waals surface area contributed by atoms with Crippen LogP contribution in [0.5, 0.6) is 0 Å². The minimum absolute atomic E-state index is 0.367. The number of aryl methyl sites for hydroxylation is 2. The van der Waals surface area contributed by atoms with Gasteiger partial charge in [0.1, 0.15) is 17.7 Å². The number of anilines is 1. The molecule has 0 fully saturated rings. The van der Waals surface area contributed by atoms with Crippen LogP contribution in [0.4, 0.5) is 10.5 Å². The van der Waals surface area contributed by atoms with Gasteiger partial charge in [-0.1, -0.05) is 42.3 Å². The minimum atomic E-state index is -1.03. The molecule has 0 radical (unpaired) electrons. The third-order valence-corrected chi connectivity index (χ3v) is 6.37. The summed E-state index contributed by atoms with van der Waals surface area (Å²) >= 11 is 1.55. The van der Waals surface area contributed by atoms with Gasteiger partial charge in [-0.05, 0) is 75.8 Å². The first kappa shape index (κ1) is 29.8. The van der Waals surface area contributed by atoms with Crippen molar-refractivity contribution >= 4 is 35.4 Å². The lowest BCUT2D eigenvalue weighted by Gasteiger charge is -2.32. The lowest BCUT2D eigenvalue weighted by molar-refractivity contribution is -0.139. The summed E-state index contributed by atoms with van der Waals surface area (Å²) in [4.78, 5) is 41.4. The van der Waals surface area contributed by atoms with E-state index in [2.05, 4.69) is 16.6 Å². The van der Waals surface area contributed by atoms with E-state index in [-0.39, 0.29) is 0 Å². The normalized spacial score (nSPS) is 12.6. The van der Waals surface area contributed by atoms with Crippen LogP contribution in [0.15, 0.2) is 42.5 Å². The average molecular weight is 524 g/mol. The summed E-state index contributed by atoms with van der Waals surface area (Å²) in [5, 5.41) is 5.69. The molecule has 0 saturated carbocycles. The van der Waals surface area contributed by atoms with E-state index in [0.29, 0.717) is 29.0 Å². The number of hydrogen-bond donors (Lipinski definition) is 2. The largest absolute Gasteiger partial charge is 0.444 e. The van der Waals surface area contributed by atoms with Crippen molar-refractivity contribution in [2.24, 2.45) is 0 Å². The number of thioether (sulfide) groups is 1. The van der Waals surface area contributed by atoms with Crippen LogP contribution in [-0.4, -0.2) is 53.5 Å². The van der Waals surface area contributed by atoms with Crippen molar-refractivity contribution in [3.05, 3.63) is 64.7 Å². The fourth-order valence-electron chi connectivity index (χ4n) is 3.91. The van der Waals surface area contributed by atoms with E-state index in [4.69, 9.17) is 11.2 Å². The van der Waals surface area contributed by atoms with E-state index in [1.807, 2.05) is 38.3 Å². The van der Waals surface area contributed by atoms with Crippen LogP contribution in [0.3, 0.4) is 0 Å². The number of hydrogen-bond acceptors (Lipinski definition) is 5. The van der Waals surface area contributed by atoms with Crippen LogP contribution in [0.1, 0.15) is 55.5 Å². The Morgan fingerprint density at radius 3 is 2.27 bits per heavy atom. The number of para-hydroxylation sites is 1. The van der Waals surface area contributed by atoms with Crippen LogP contribution in [0.2, 0.25) is 0 Å². The molecule has 0 spiro atoms. The van der Waals surface area contributed by atoms with Crippen molar-refractivity contribution in [1.29, 1.82) is 0 Å². The van der Waals surface area contributed by atoms with Crippen LogP contribution >= 0.6 is 11.8 Å². The van der Waals surface area contributed by atoms with E-state index in [1.165, 1.54) is 4.90 Å². The number of carbonyl (C=O) groups is 3. The van der Waals surface area contributed by atoms with Gasteiger partial charge < -0.3 is 20.3 Å². The minimum Gasteiger partial charge on any atom is -0.444 e. The lowest BCUT2D eigenvalue weighted by Crippen LogP contribution is -2.51. The molecule has 0 aromatic heterocycles. The molecule has 8 heteroatoms. The fraction of sp³-hybridized carbons (Fsp3) is 0.414. The Kier molecular flexibility index (Phi) is 10.6. The van der Waals surface area contributed by atoms with Crippen molar-refractivity contribution in [1.82, 2.24) is 10.2 Å². The number of likely N-dealkylation sites (N-methyl/N-ethyl adjacent to an activating group) is 1. The number of ether oxygens (including phenoxy) is 1. The van der Waals surface area contributed by atoms with E-state index >= 15 is 0 Å². The Bertz CT molecular complexity index is 1150. The third-order valence-electron chi connectivity index (χ3n) is 5.72. The highest BCUT2D eigenvalue weighted by Crippen LogP contribution is 2.28. The highest BCUT2D eigenvalue weighted by Gasteiger charge is 2.35. The zero-order valence-corrected chi connectivity index (χ0v) is 23.5. The Morgan fingerprint density at radius 1 is 1.08 bits per heavy atom. The Balaban J connectivity index is 2.47. The SMILES string of the molecule is C#Cc1ccccc1C(C(=O)Nc1c(C)cccc1C)N(C)C(=O)C(CCSC)NC(=O)OC(C)(C)C. The number of nitrogens with zero attached hydrogens (tertiary/aromatic N) is 1. The monoisotopic (exact) mass is 523 g/mol. The van der Waals surface area contributed by atoms with Crippen molar-refractivity contribution in [3.8, 4) is 12.3 Å². The van der Waals surface area contributed by atoms with E-state index in [1.54, 1.807) is 63.8 Å². The number of terminal acetylenes is 1. The highest BCUT2D eigenvalue weighted by molar-refractivity contribution is 7.98. The molecule has 0 saturated heterocycles. The van der Waals surface area contributed by atoms with Crippen molar-refractivity contribution in [3.63, 3.8) is 0 Å². The fourth-order valence-corrected chi connectivity index (χ4v) is 4.38. The molecule has 0 bridgehead atoms. The van der Waals surface area contributed by atoms with Crippen LogP contribution in [-0.2, 0) is 14.3 Å². The molecule has 37 heavy (non-hydrogen) atoms. The number of carbonyl (C=O) groups excluding carboxylic acids is 3. The molecule has 2 unspecified atom stereocenters. The second-order valence-electron chi connectivity index (χ2n) is 9.82. The molecule has 0 aliphatic carbocycles. The van der Waals surface area contributed by atoms with Gasteiger partial charge in [-0.3, -0.25) is 9.59 Å². The summed E-state index contributed by atoms with van der Waals surface area (Å²) < 4.78 is 5.38. The zero-order chi connectivity index (χ0) is 27.8. The maximum Gasteiger partial charge on any atom is 0.408 e. The molecule has 2 rings (SSSR count). The standard InChI is InChI=1S/C29H37N3O4S/c1-9-21-15-10-11-16-22(21)25(26(33)31-24-19(2)13-12-14-20(24)3)32(7)27(34)23(17-18-37-8)30-28(35)36-29(4,5)6/h1,10-16,23,25H,17-18H2,2-8H3,(H,30,35)(H,31,33). The Morgan fingerprint density at radius 2 is 1.70 bits per heavy atom. The number of amides is 3. The van der Waals surface area contributed by atoms with E-state index in [9.17, 15) is 14.4 Å². The topological polar surface area (TPSA) is 87.7 Å². The predicted octanol–water partition coefficient (Wildman–Crippen LogP) is 5.07. The summed E-state index contributed by atoms with van der Waals surface area (Å²) in [5.41, 5.74) is 2.78. The zero-order valence-electron chi connectivity index (χ0n) is 22.7. The van der Waals surface area contributed by atoms with Gasteiger partial charge in [0.05, 0.1) is 0 Å². The Hall–Kier alpha value is -3.44. The molecular weight excluding hydrogens is 486 g/mol. The molecule has 3 amide bonds. The summed E-state index contributed by atoms with van der Waals surface area (Å²) in [7, 11) is 1.55. The molecule has 0 aliphatic heterocycles. The number of nitrogens with one attached hydrogen (secondary N) is 2. The quantitative estimate of drug-likeness (QED) is 0.448. The second kappa shape index (κ2) is 13.2. The van der Waals surface area contributed by atoms with Gasteiger partial charge in [0.15, 0.2) is 0 Å². The summed E-state index contributed by atoms with van der Waals surface area (Å²) in [6, 6.07) is 10.8. The predicted molar refractivity (Wildman–Crippen MR) is 151 cm³/mol. The van der Waals surface area contributed by atoms with E-state index in [0.717, 1.165) is 11.1 Å². The molecule has 2 aromatic rings. The first-order valence-electron chi connectivity index (χ1n) is 12.1. The van der Waals surface area contributed by atoms with Gasteiger partial charge in [-0.15, -0.1) is 6.42 Å². The van der Waals surface area contributed by atoms with Gasteiger partial charge in [-0.2, -0.15) is 11.8 Å². The van der Waals surface area contributed by atoms with E-state index < -0.39 is 35.6 Å². The van der Waals surface area contributed by atoms with Gasteiger partial charge >= 0.3 is 6.09 Å². The van der Waals surface area contributed by atoms with Gasteiger partial charge in [0.2, 0.25) is 5.91 Å². The molecule has 198 valence electrons. The molecule has 0 heterocycles. The molecule has 2 atom stereocenters. The first-order valence-corrected chi connectivity index (χ1v) is 13.5. The van der Waals surface area contributed by atoms with Gasteiger partial charge in [-0.25, -0.2) is 4.79 Å². The smallest absolute Gasteiger partial charge is 0.408 e. The first-order chi connectivity index (χ1) is 17.4. The lowest BCUT2D eigenvalue weighted by atomic mass is 9.97. The average Bonchev–Trinajstić information content (AvgIpc) is 2.83. The molecular formula is C29H37N3O4S. The number of alkyl carbamates (subject to hydrolysis) is 1. The van der Waals surface area contributed by atoms with Crippen LogP contribution in [0.25, 0.3) is 0 Å². The molecule has 7 nitrogen and oxygen atoms in total. The highest BCUT2D eigenvalue weighted by atomic mass is 32.2. The van der Waals surface area contributed by atoms with Crippen molar-refractivity contribution < 1.29 is 19.1 Å². The molecule has 2 N–H and O–H groups in total. The molecule has 0 aliphatic rings. The summed E-state index contributed by atoms with van der Waals surface area (Å²) in [6.45, 7) is 9.07. The molecule has 2 aromatic carbocycles. The maximum atomic E-state index is 13.8. The van der Waals surface area contributed by atoms with Crippen LogP contribution in [0, 0.1) is 26.2 Å². The number of benzene rings is 2. The third kappa shape index (κ3) is 8.29. The second-order valence-corrected chi connectivity index (χ2v) is 10.8. The Labute approximate surface area is 224 Å². The number of rotatable bonds is 9. The van der Waals surface area contributed by atoms with Gasteiger partial charge in [0, 0.05) is 18.3 Å². The van der Waals surface area contributed by atoms with Crippen molar-refractivity contribution in [2.45, 2.75) is 58.7 Å². The maximum absolute atomic E-state index is 13.8. The van der Waals surface area contributed by atoms with Gasteiger partial charge in [0.25, 0.3) is 5.91 Å². The summed E-state index contributed by atoms with van der Waals surface area (Å²) in [5.74, 6) is 2.42. The van der Waals surface area contributed by atoms with Crippen LogP contribution < -0.4 is 10.6 Å². The van der Waals surface area contributed by atoms with Crippen molar-refractivity contribution in [2.75, 3.05) is 24.4 Å². The summed E-state index contributed by atoms with van der Waals surface area (Å²) in [6.07, 6.45) is 7.35.